The molecule has 5 rings (SSSR count). The standard InChI is InChI=1S/C31H37N7O3/c1-31(2,3)41-30(40)36-19-9-12-25(20-36)37-26-17-18-32-28(33-21-35(4)5)27(26)38(29(37)39)24-15-13-23(14-16-24)34-22-10-7-6-8-11-22/h6-8,10-11,13-18,21,25,34H,9,12,19-20H2,1-5H3/t25-/m1/s1. The van der Waals surface area contributed by atoms with Gasteiger partial charge in [-0.1, -0.05) is 18.2 Å². The van der Waals surface area contributed by atoms with Crippen LogP contribution in [0.15, 0.2) is 76.6 Å². The molecule has 2 aromatic heterocycles. The fourth-order valence-electron chi connectivity index (χ4n) is 5.05. The molecule has 4 aromatic rings. The van der Waals surface area contributed by atoms with Crippen molar-refractivity contribution in [1.82, 2.24) is 23.9 Å². The highest BCUT2D eigenvalue weighted by Crippen LogP contribution is 2.31. The number of likely N-dealkylation sites (tertiary alicyclic amines) is 1. The van der Waals surface area contributed by atoms with Gasteiger partial charge in [0.1, 0.15) is 11.1 Å². The lowest BCUT2D eigenvalue weighted by molar-refractivity contribution is 0.0173. The minimum absolute atomic E-state index is 0.200. The molecule has 1 amide bonds. The number of hydrogen-bond acceptors (Lipinski definition) is 6. The number of amides is 1. The number of hydrogen-bond donors (Lipinski definition) is 1. The topological polar surface area (TPSA) is 97.0 Å². The van der Waals surface area contributed by atoms with Crippen LogP contribution in [0.2, 0.25) is 0 Å². The van der Waals surface area contributed by atoms with Gasteiger partial charge in [-0.15, -0.1) is 0 Å². The van der Waals surface area contributed by atoms with Gasteiger partial charge in [0.25, 0.3) is 0 Å². The number of rotatable bonds is 6. The van der Waals surface area contributed by atoms with Gasteiger partial charge in [-0.2, -0.15) is 0 Å². The summed E-state index contributed by atoms with van der Waals surface area (Å²) < 4.78 is 9.10. The summed E-state index contributed by atoms with van der Waals surface area (Å²) in [5.74, 6) is 0.443. The molecule has 0 saturated carbocycles. The predicted molar refractivity (Wildman–Crippen MR) is 163 cm³/mol. The van der Waals surface area contributed by atoms with E-state index in [1.807, 2.05) is 100 Å². The molecular weight excluding hydrogens is 518 g/mol. The number of nitrogens with zero attached hydrogens (tertiary/aromatic N) is 6. The Morgan fingerprint density at radius 2 is 1.78 bits per heavy atom. The Bertz CT molecular complexity index is 1600. The van der Waals surface area contributed by atoms with Crippen molar-refractivity contribution in [3.63, 3.8) is 0 Å². The van der Waals surface area contributed by atoms with Crippen LogP contribution >= 0.6 is 0 Å². The van der Waals surface area contributed by atoms with E-state index in [-0.39, 0.29) is 17.8 Å². The Morgan fingerprint density at radius 3 is 2.46 bits per heavy atom. The molecule has 1 fully saturated rings. The van der Waals surface area contributed by atoms with Gasteiger partial charge in [-0.05, 0) is 76.1 Å². The lowest BCUT2D eigenvalue weighted by Gasteiger charge is -2.34. The molecular formula is C31H37N7O3. The van der Waals surface area contributed by atoms with Crippen LogP contribution in [0.5, 0.6) is 0 Å². The number of carbonyl (C=O) groups is 1. The highest BCUT2D eigenvalue weighted by molar-refractivity contribution is 5.88. The van der Waals surface area contributed by atoms with E-state index in [0.717, 1.165) is 29.7 Å². The van der Waals surface area contributed by atoms with E-state index in [2.05, 4.69) is 15.3 Å². The van der Waals surface area contributed by atoms with E-state index in [9.17, 15) is 9.59 Å². The largest absolute Gasteiger partial charge is 0.444 e. The van der Waals surface area contributed by atoms with Crippen molar-refractivity contribution in [3.8, 4) is 5.69 Å². The number of pyridine rings is 1. The first-order valence-corrected chi connectivity index (χ1v) is 13.8. The van der Waals surface area contributed by atoms with Gasteiger partial charge in [0.05, 0.1) is 23.6 Å². The second kappa shape index (κ2) is 11.5. The number of ether oxygens (including phenoxy) is 1. The maximum absolute atomic E-state index is 14.2. The molecule has 1 saturated heterocycles. The van der Waals surface area contributed by atoms with Gasteiger partial charge in [-0.3, -0.25) is 9.13 Å². The molecule has 0 aliphatic carbocycles. The molecule has 0 bridgehead atoms. The zero-order valence-electron chi connectivity index (χ0n) is 24.2. The molecule has 1 atom stereocenters. The van der Waals surface area contributed by atoms with Crippen LogP contribution in [0.1, 0.15) is 39.7 Å². The summed E-state index contributed by atoms with van der Waals surface area (Å²) >= 11 is 0. The van der Waals surface area contributed by atoms with Crippen molar-refractivity contribution >= 4 is 40.7 Å². The average Bonchev–Trinajstić information content (AvgIpc) is 3.24. The summed E-state index contributed by atoms with van der Waals surface area (Å²) in [5, 5.41) is 3.38. The highest BCUT2D eigenvalue weighted by atomic mass is 16.6. The highest BCUT2D eigenvalue weighted by Gasteiger charge is 2.31. The Hall–Kier alpha value is -4.60. The fourth-order valence-corrected chi connectivity index (χ4v) is 5.05. The van der Waals surface area contributed by atoms with Crippen LogP contribution in [-0.2, 0) is 4.74 Å². The second-order valence-electron chi connectivity index (χ2n) is 11.5. The molecule has 0 radical (unpaired) electrons. The first-order chi connectivity index (χ1) is 19.6. The molecule has 1 aliphatic heterocycles. The van der Waals surface area contributed by atoms with Gasteiger partial charge in [0, 0.05) is 44.8 Å². The number of anilines is 2. The number of aromatic nitrogens is 3. The summed E-state index contributed by atoms with van der Waals surface area (Å²) in [6.07, 6.45) is 4.51. The first kappa shape index (κ1) is 27.9. The SMILES string of the molecule is CN(C)C=Nc1nccc2c1n(-c1ccc(Nc3ccccc3)cc1)c(=O)n2[C@@H]1CCCN(C(=O)OC(C)(C)C)C1. The number of aliphatic imine (C=N–C) groups is 1. The van der Waals surface area contributed by atoms with Crippen LogP contribution in [0.25, 0.3) is 16.7 Å². The van der Waals surface area contributed by atoms with Gasteiger partial charge in [-0.25, -0.2) is 19.6 Å². The Kier molecular flexibility index (Phi) is 7.83. The molecule has 10 nitrogen and oxygen atoms in total. The quantitative estimate of drug-likeness (QED) is 0.241. The third-order valence-electron chi connectivity index (χ3n) is 6.78. The van der Waals surface area contributed by atoms with Crippen molar-refractivity contribution in [3.05, 3.63) is 77.3 Å². The molecule has 0 spiro atoms. The Balaban J connectivity index is 1.58. The van der Waals surface area contributed by atoms with E-state index in [1.54, 1.807) is 26.6 Å². The molecule has 3 heterocycles. The lowest BCUT2D eigenvalue weighted by Crippen LogP contribution is -2.45. The first-order valence-electron chi connectivity index (χ1n) is 13.8. The zero-order valence-corrected chi connectivity index (χ0v) is 24.2. The number of fused-ring (bicyclic) bond motifs is 1. The maximum Gasteiger partial charge on any atom is 0.410 e. The number of para-hydroxylation sites is 1. The molecule has 41 heavy (non-hydrogen) atoms. The van der Waals surface area contributed by atoms with Gasteiger partial charge in [0.2, 0.25) is 0 Å². The van der Waals surface area contributed by atoms with Gasteiger partial charge in [0.15, 0.2) is 5.82 Å². The van der Waals surface area contributed by atoms with Crippen LogP contribution < -0.4 is 11.0 Å². The molecule has 0 unspecified atom stereocenters. The summed E-state index contributed by atoms with van der Waals surface area (Å²) in [4.78, 5) is 39.8. The van der Waals surface area contributed by atoms with Crippen molar-refractivity contribution in [1.29, 1.82) is 0 Å². The summed E-state index contributed by atoms with van der Waals surface area (Å²) in [6.45, 7) is 6.54. The van der Waals surface area contributed by atoms with E-state index < -0.39 is 5.60 Å². The molecule has 214 valence electrons. The molecule has 2 aromatic carbocycles. The van der Waals surface area contributed by atoms with Crippen molar-refractivity contribution < 1.29 is 9.53 Å². The molecule has 1 N–H and O–H groups in total. The maximum atomic E-state index is 14.2. The van der Waals surface area contributed by atoms with Crippen molar-refractivity contribution in [2.24, 2.45) is 4.99 Å². The number of carbonyl (C=O) groups excluding carboxylic acids is 1. The number of nitrogens with one attached hydrogen (secondary N) is 1. The second-order valence-corrected chi connectivity index (χ2v) is 11.5. The molecule has 1 aliphatic rings. The van der Waals surface area contributed by atoms with Crippen LogP contribution in [0, 0.1) is 0 Å². The predicted octanol–water partition coefficient (Wildman–Crippen LogP) is 5.72. The Morgan fingerprint density at radius 1 is 1.07 bits per heavy atom. The zero-order chi connectivity index (χ0) is 29.1. The number of benzene rings is 2. The Labute approximate surface area is 239 Å². The van der Waals surface area contributed by atoms with Gasteiger partial charge >= 0.3 is 11.8 Å². The minimum atomic E-state index is -0.594. The van der Waals surface area contributed by atoms with E-state index in [4.69, 9.17) is 4.74 Å². The third-order valence-corrected chi connectivity index (χ3v) is 6.78. The molecule has 10 heteroatoms. The lowest BCUT2D eigenvalue weighted by atomic mass is 10.1. The van der Waals surface area contributed by atoms with E-state index in [0.29, 0.717) is 30.1 Å². The average molecular weight is 556 g/mol. The van der Waals surface area contributed by atoms with E-state index >= 15 is 0 Å². The number of piperidine rings is 1. The summed E-state index contributed by atoms with van der Waals surface area (Å²) in [7, 11) is 3.77. The minimum Gasteiger partial charge on any atom is -0.444 e. The van der Waals surface area contributed by atoms with Crippen molar-refractivity contribution in [2.45, 2.75) is 45.3 Å². The van der Waals surface area contributed by atoms with E-state index in [1.165, 1.54) is 0 Å². The third kappa shape index (κ3) is 6.26. The van der Waals surface area contributed by atoms with Crippen LogP contribution in [0.3, 0.4) is 0 Å². The normalized spacial score (nSPS) is 15.8. The summed E-state index contributed by atoms with van der Waals surface area (Å²) in [5.41, 5.74) is 3.13. The van der Waals surface area contributed by atoms with Crippen LogP contribution in [0.4, 0.5) is 22.0 Å². The fraction of sp³-hybridized carbons (Fsp3) is 0.355. The monoisotopic (exact) mass is 555 g/mol. The van der Waals surface area contributed by atoms with Crippen LogP contribution in [-0.4, -0.2) is 69.1 Å². The number of imidazole rings is 1. The van der Waals surface area contributed by atoms with Crippen molar-refractivity contribution in [2.75, 3.05) is 32.5 Å². The smallest absolute Gasteiger partial charge is 0.410 e. The van der Waals surface area contributed by atoms with Gasteiger partial charge < -0.3 is 19.9 Å². The summed E-state index contributed by atoms with van der Waals surface area (Å²) in [6, 6.07) is 19.3.